The summed E-state index contributed by atoms with van der Waals surface area (Å²) in [6, 6.07) is 10.3. The highest BCUT2D eigenvalue weighted by molar-refractivity contribution is 5.78. The lowest BCUT2D eigenvalue weighted by Gasteiger charge is -2.31. The first-order chi connectivity index (χ1) is 11.1. The molecule has 1 aliphatic rings. The molecule has 2 rings (SSSR count). The molecule has 0 aliphatic carbocycles. The van der Waals surface area contributed by atoms with E-state index in [1.54, 1.807) is 0 Å². The molecule has 1 unspecified atom stereocenters. The van der Waals surface area contributed by atoms with Crippen LogP contribution in [0.3, 0.4) is 0 Å². The SMILES string of the molecule is CC(C)CC(NC(=O)CN1CCC(CO)CC1)c1ccccc1. The number of nitrogens with one attached hydrogen (secondary N) is 1. The molecule has 0 aromatic heterocycles. The van der Waals surface area contributed by atoms with Gasteiger partial charge in [0.15, 0.2) is 0 Å². The zero-order valence-corrected chi connectivity index (χ0v) is 14.4. The molecular formula is C19H30N2O2. The second kappa shape index (κ2) is 9.04. The molecule has 23 heavy (non-hydrogen) atoms. The maximum Gasteiger partial charge on any atom is 0.234 e. The van der Waals surface area contributed by atoms with Crippen molar-refractivity contribution in [2.75, 3.05) is 26.2 Å². The van der Waals surface area contributed by atoms with Crippen LogP contribution in [0.15, 0.2) is 30.3 Å². The Kier molecular flexibility index (Phi) is 7.06. The maximum atomic E-state index is 12.4. The van der Waals surface area contributed by atoms with E-state index in [2.05, 4.69) is 36.2 Å². The number of likely N-dealkylation sites (tertiary alicyclic amines) is 1. The van der Waals surface area contributed by atoms with Gasteiger partial charge in [0, 0.05) is 6.61 Å². The van der Waals surface area contributed by atoms with Gasteiger partial charge in [-0.25, -0.2) is 0 Å². The molecule has 1 aliphatic heterocycles. The zero-order chi connectivity index (χ0) is 16.7. The lowest BCUT2D eigenvalue weighted by atomic mass is 9.96. The van der Waals surface area contributed by atoms with Crippen LogP contribution in [0.2, 0.25) is 0 Å². The van der Waals surface area contributed by atoms with Crippen molar-refractivity contribution >= 4 is 5.91 Å². The molecule has 1 saturated heterocycles. The fourth-order valence-electron chi connectivity index (χ4n) is 3.21. The number of amides is 1. The summed E-state index contributed by atoms with van der Waals surface area (Å²) in [6.07, 6.45) is 2.91. The van der Waals surface area contributed by atoms with Crippen LogP contribution >= 0.6 is 0 Å². The third-order valence-corrected chi connectivity index (χ3v) is 4.58. The Morgan fingerprint density at radius 3 is 2.48 bits per heavy atom. The van der Waals surface area contributed by atoms with Crippen molar-refractivity contribution in [1.82, 2.24) is 10.2 Å². The Morgan fingerprint density at radius 1 is 1.26 bits per heavy atom. The molecule has 2 N–H and O–H groups in total. The van der Waals surface area contributed by atoms with Gasteiger partial charge in [0.2, 0.25) is 5.91 Å². The molecule has 1 heterocycles. The second-order valence-corrected chi connectivity index (χ2v) is 7.06. The highest BCUT2D eigenvalue weighted by atomic mass is 16.3. The first-order valence-electron chi connectivity index (χ1n) is 8.76. The molecular weight excluding hydrogens is 288 g/mol. The van der Waals surface area contributed by atoms with Crippen molar-refractivity contribution in [3.05, 3.63) is 35.9 Å². The summed E-state index contributed by atoms with van der Waals surface area (Å²) in [5, 5.41) is 12.4. The van der Waals surface area contributed by atoms with Crippen LogP contribution in [-0.4, -0.2) is 42.2 Å². The van der Waals surface area contributed by atoms with Gasteiger partial charge in [-0.15, -0.1) is 0 Å². The van der Waals surface area contributed by atoms with Gasteiger partial charge in [-0.05, 0) is 49.8 Å². The van der Waals surface area contributed by atoms with Crippen molar-refractivity contribution in [2.45, 2.75) is 39.2 Å². The van der Waals surface area contributed by atoms with Gasteiger partial charge in [-0.3, -0.25) is 9.69 Å². The van der Waals surface area contributed by atoms with E-state index in [1.807, 2.05) is 18.2 Å². The lowest BCUT2D eigenvalue weighted by Crippen LogP contribution is -2.43. The maximum absolute atomic E-state index is 12.4. The van der Waals surface area contributed by atoms with Crippen molar-refractivity contribution in [3.8, 4) is 0 Å². The number of hydrogen-bond acceptors (Lipinski definition) is 3. The van der Waals surface area contributed by atoms with E-state index in [0.717, 1.165) is 32.4 Å². The minimum atomic E-state index is 0.0821. The summed E-state index contributed by atoms with van der Waals surface area (Å²) < 4.78 is 0. The first-order valence-corrected chi connectivity index (χ1v) is 8.76. The van der Waals surface area contributed by atoms with Crippen molar-refractivity contribution in [2.24, 2.45) is 11.8 Å². The van der Waals surface area contributed by atoms with Gasteiger partial charge in [0.1, 0.15) is 0 Å². The van der Waals surface area contributed by atoms with Gasteiger partial charge < -0.3 is 10.4 Å². The summed E-state index contributed by atoms with van der Waals surface area (Å²) in [4.78, 5) is 14.6. The van der Waals surface area contributed by atoms with Gasteiger partial charge in [0.25, 0.3) is 0 Å². The van der Waals surface area contributed by atoms with Crippen LogP contribution in [-0.2, 0) is 4.79 Å². The second-order valence-electron chi connectivity index (χ2n) is 7.06. The Balaban J connectivity index is 1.88. The number of hydrogen-bond donors (Lipinski definition) is 2. The molecule has 1 atom stereocenters. The van der Waals surface area contributed by atoms with Gasteiger partial charge in [0.05, 0.1) is 12.6 Å². The summed E-state index contributed by atoms with van der Waals surface area (Å²) in [5.74, 6) is 1.04. The largest absolute Gasteiger partial charge is 0.396 e. The summed E-state index contributed by atoms with van der Waals surface area (Å²) >= 11 is 0. The molecule has 1 aromatic carbocycles. The van der Waals surface area contributed by atoms with Crippen LogP contribution < -0.4 is 5.32 Å². The number of carbonyl (C=O) groups excluding carboxylic acids is 1. The topological polar surface area (TPSA) is 52.6 Å². The smallest absolute Gasteiger partial charge is 0.234 e. The van der Waals surface area contributed by atoms with E-state index in [1.165, 1.54) is 5.56 Å². The van der Waals surface area contributed by atoms with Crippen LogP contribution in [0.1, 0.15) is 44.7 Å². The van der Waals surface area contributed by atoms with Crippen LogP contribution in [0.5, 0.6) is 0 Å². The van der Waals surface area contributed by atoms with Crippen molar-refractivity contribution in [1.29, 1.82) is 0 Å². The van der Waals surface area contributed by atoms with Crippen molar-refractivity contribution < 1.29 is 9.90 Å². The number of piperidine rings is 1. The Bertz CT molecular complexity index is 468. The third-order valence-electron chi connectivity index (χ3n) is 4.58. The highest BCUT2D eigenvalue weighted by Gasteiger charge is 2.22. The first kappa shape index (κ1) is 18.0. The average Bonchev–Trinajstić information content (AvgIpc) is 2.55. The highest BCUT2D eigenvalue weighted by Crippen LogP contribution is 2.21. The normalized spacial score (nSPS) is 18.1. The summed E-state index contributed by atoms with van der Waals surface area (Å²) in [5.41, 5.74) is 1.17. The number of nitrogens with zero attached hydrogens (tertiary/aromatic N) is 1. The van der Waals surface area contributed by atoms with Crippen molar-refractivity contribution in [3.63, 3.8) is 0 Å². The molecule has 0 spiro atoms. The van der Waals surface area contributed by atoms with Gasteiger partial charge in [-0.2, -0.15) is 0 Å². The van der Waals surface area contributed by atoms with Gasteiger partial charge >= 0.3 is 0 Å². The van der Waals surface area contributed by atoms with E-state index in [9.17, 15) is 9.90 Å². The molecule has 0 saturated carbocycles. The molecule has 4 heteroatoms. The summed E-state index contributed by atoms with van der Waals surface area (Å²) in [7, 11) is 0. The molecule has 0 bridgehead atoms. The van der Waals surface area contributed by atoms with Gasteiger partial charge in [-0.1, -0.05) is 44.2 Å². The standard InChI is InChI=1S/C19H30N2O2/c1-15(2)12-18(17-6-4-3-5-7-17)20-19(23)13-21-10-8-16(14-22)9-11-21/h3-7,15-16,18,22H,8-14H2,1-2H3,(H,20,23). The average molecular weight is 318 g/mol. The third kappa shape index (κ3) is 5.96. The Labute approximate surface area is 139 Å². The predicted octanol–water partition coefficient (Wildman–Crippen LogP) is 2.59. The molecule has 1 amide bonds. The number of aliphatic hydroxyl groups excluding tert-OH is 1. The number of benzene rings is 1. The number of carbonyl (C=O) groups is 1. The minimum Gasteiger partial charge on any atom is -0.396 e. The molecule has 0 radical (unpaired) electrons. The van der Waals surface area contributed by atoms with Crippen LogP contribution in [0.4, 0.5) is 0 Å². The minimum absolute atomic E-state index is 0.0821. The van der Waals surface area contributed by atoms with Crippen LogP contribution in [0.25, 0.3) is 0 Å². The summed E-state index contributed by atoms with van der Waals surface area (Å²) in [6.45, 7) is 6.89. The van der Waals surface area contributed by atoms with E-state index in [0.29, 0.717) is 18.4 Å². The number of aliphatic hydroxyl groups is 1. The van der Waals surface area contributed by atoms with E-state index < -0.39 is 0 Å². The fourth-order valence-corrected chi connectivity index (χ4v) is 3.21. The number of rotatable bonds is 7. The van der Waals surface area contributed by atoms with Crippen LogP contribution in [0, 0.1) is 11.8 Å². The lowest BCUT2D eigenvalue weighted by molar-refractivity contribution is -0.123. The molecule has 4 nitrogen and oxygen atoms in total. The van der Waals surface area contributed by atoms with E-state index in [-0.39, 0.29) is 18.6 Å². The zero-order valence-electron chi connectivity index (χ0n) is 14.4. The van der Waals surface area contributed by atoms with E-state index >= 15 is 0 Å². The fraction of sp³-hybridized carbons (Fsp3) is 0.632. The monoisotopic (exact) mass is 318 g/mol. The Hall–Kier alpha value is -1.39. The Morgan fingerprint density at radius 2 is 1.91 bits per heavy atom. The molecule has 1 fully saturated rings. The van der Waals surface area contributed by atoms with E-state index in [4.69, 9.17) is 0 Å². The predicted molar refractivity (Wildman–Crippen MR) is 93.0 cm³/mol. The molecule has 1 aromatic rings. The molecule has 128 valence electrons. The quantitative estimate of drug-likeness (QED) is 0.812.